The Bertz CT molecular complexity index is 1040. The van der Waals surface area contributed by atoms with Crippen molar-refractivity contribution in [3.05, 3.63) is 52.8 Å². The van der Waals surface area contributed by atoms with Gasteiger partial charge >= 0.3 is 5.92 Å². The lowest BCUT2D eigenvalue weighted by Gasteiger charge is -2.46. The molecule has 12 heteroatoms. The fourth-order valence-electron chi connectivity index (χ4n) is 3.39. The molecule has 0 radical (unpaired) electrons. The summed E-state index contributed by atoms with van der Waals surface area (Å²) in [6.07, 6.45) is -1.76. The summed E-state index contributed by atoms with van der Waals surface area (Å²) >= 11 is 6.72. The van der Waals surface area contributed by atoms with E-state index in [9.17, 15) is 15.0 Å². The van der Waals surface area contributed by atoms with Gasteiger partial charge in [0.2, 0.25) is 0 Å². The van der Waals surface area contributed by atoms with Crippen LogP contribution in [0.25, 0.3) is 0 Å². The van der Waals surface area contributed by atoms with Gasteiger partial charge in [-0.25, -0.2) is 9.98 Å². The minimum Gasteiger partial charge on any atom is -0.429 e. The molecule has 2 aliphatic heterocycles. The predicted molar refractivity (Wildman–Crippen MR) is 105 cm³/mol. The van der Waals surface area contributed by atoms with Gasteiger partial charge in [-0.2, -0.15) is 8.78 Å². The van der Waals surface area contributed by atoms with Crippen LogP contribution in [0.5, 0.6) is 0 Å². The first-order valence-electron chi connectivity index (χ1n) is 8.62. The Labute approximate surface area is 178 Å². The van der Waals surface area contributed by atoms with Crippen LogP contribution in [0.4, 0.5) is 14.5 Å². The number of thioether (sulfide) groups is 1. The van der Waals surface area contributed by atoms with E-state index in [4.69, 9.17) is 17.3 Å². The van der Waals surface area contributed by atoms with Crippen LogP contribution in [0.2, 0.25) is 5.02 Å². The molecule has 0 aliphatic carbocycles. The van der Waals surface area contributed by atoms with Gasteiger partial charge in [0.1, 0.15) is 11.1 Å². The maximum absolute atomic E-state index is 15.1. The molecular weight excluding hydrogens is 442 g/mol. The second-order valence-corrected chi connectivity index (χ2v) is 8.36. The Morgan fingerprint density at radius 3 is 2.80 bits per heavy atom. The van der Waals surface area contributed by atoms with E-state index in [0.29, 0.717) is 9.92 Å². The van der Waals surface area contributed by atoms with Crippen LogP contribution in [0.3, 0.4) is 0 Å². The molecule has 3 heterocycles. The summed E-state index contributed by atoms with van der Waals surface area (Å²) in [5.41, 5.74) is 2.20. The molecule has 5 N–H and O–H groups in total. The van der Waals surface area contributed by atoms with Crippen molar-refractivity contribution in [2.45, 2.75) is 34.5 Å². The highest BCUT2D eigenvalue weighted by Gasteiger charge is 2.66. The lowest BCUT2D eigenvalue weighted by atomic mass is 9.79. The summed E-state index contributed by atoms with van der Waals surface area (Å²) < 4.78 is 34.7. The Morgan fingerprint density at radius 1 is 1.33 bits per heavy atom. The number of aromatic nitrogens is 1. The molecule has 0 fully saturated rings. The monoisotopic (exact) mass is 456 g/mol. The van der Waals surface area contributed by atoms with Crippen LogP contribution in [-0.2, 0) is 10.3 Å². The zero-order chi connectivity index (χ0) is 21.7. The van der Waals surface area contributed by atoms with E-state index in [1.807, 2.05) is 0 Å². The average molecular weight is 457 g/mol. The average Bonchev–Trinajstić information content (AvgIpc) is 2.67. The highest BCUT2D eigenvalue weighted by atomic mass is 35.5. The Kier molecular flexibility index (Phi) is 5.09. The fraction of sp³-hybridized carbons (Fsp3) is 0.278. The van der Waals surface area contributed by atoms with E-state index in [1.54, 1.807) is 0 Å². The molecule has 1 amide bonds. The van der Waals surface area contributed by atoms with E-state index in [-0.39, 0.29) is 16.9 Å². The maximum atomic E-state index is 15.1. The highest BCUT2D eigenvalue weighted by molar-refractivity contribution is 7.99. The third-order valence-electron chi connectivity index (χ3n) is 4.77. The number of hydrogen-bond acceptors (Lipinski definition) is 8. The number of aliphatic hydroxyl groups excluding tert-OH is 2. The summed E-state index contributed by atoms with van der Waals surface area (Å²) in [7, 11) is 0. The molecule has 2 aliphatic rings. The number of carbonyl (C=O) groups is 1. The molecule has 0 saturated carbocycles. The predicted octanol–water partition coefficient (Wildman–Crippen LogP) is 2.30. The second kappa shape index (κ2) is 7.34. The topological polar surface area (TPSA) is 130 Å². The van der Waals surface area contributed by atoms with Crippen LogP contribution >= 0.6 is 23.4 Å². The number of carbonyl (C=O) groups excluding carboxylic acids is 1. The maximum Gasteiger partial charge on any atom is 0.337 e. The molecule has 2 unspecified atom stereocenters. The number of halogens is 3. The van der Waals surface area contributed by atoms with Crippen LogP contribution in [0.15, 0.2) is 46.4 Å². The number of benzene rings is 1. The van der Waals surface area contributed by atoms with Crippen molar-refractivity contribution in [1.82, 2.24) is 4.98 Å². The molecule has 3 atom stereocenters. The molecular formula is C18H15ClF2N4O4S. The summed E-state index contributed by atoms with van der Waals surface area (Å²) in [6.45, 7) is 0. The molecule has 1 spiro atoms. The van der Waals surface area contributed by atoms with Gasteiger partial charge in [0, 0.05) is 28.8 Å². The number of anilines is 1. The number of rotatable bonds is 2. The fourth-order valence-corrected chi connectivity index (χ4v) is 4.62. The number of aliphatic hydroxyl groups is 2. The third-order valence-corrected chi connectivity index (χ3v) is 6.04. The van der Waals surface area contributed by atoms with Crippen LogP contribution in [0.1, 0.15) is 22.5 Å². The quantitative estimate of drug-likeness (QED) is 0.545. The Hall–Kier alpha value is -2.47. The number of pyridine rings is 1. The van der Waals surface area contributed by atoms with Gasteiger partial charge in [-0.15, -0.1) is 0 Å². The first-order chi connectivity index (χ1) is 14.1. The molecule has 2 aromatic rings. The lowest BCUT2D eigenvalue weighted by Crippen LogP contribution is -2.59. The third kappa shape index (κ3) is 3.37. The molecule has 1 aromatic heterocycles. The zero-order valence-corrected chi connectivity index (χ0v) is 16.6. The molecule has 30 heavy (non-hydrogen) atoms. The van der Waals surface area contributed by atoms with Gasteiger partial charge in [0.15, 0.2) is 5.54 Å². The zero-order valence-electron chi connectivity index (χ0n) is 15.1. The molecule has 0 saturated heterocycles. The Morgan fingerprint density at radius 2 is 2.10 bits per heavy atom. The lowest BCUT2D eigenvalue weighted by molar-refractivity contribution is -0.250. The van der Waals surface area contributed by atoms with Crippen molar-refractivity contribution >= 4 is 41.0 Å². The molecule has 158 valence electrons. The van der Waals surface area contributed by atoms with Gasteiger partial charge < -0.3 is 26.0 Å². The summed E-state index contributed by atoms with van der Waals surface area (Å²) in [4.78, 5) is 20.4. The van der Waals surface area contributed by atoms with E-state index in [2.05, 4.69) is 20.0 Å². The second-order valence-electron chi connectivity index (χ2n) is 6.71. The number of nitrogens with one attached hydrogen (secondary N) is 1. The van der Waals surface area contributed by atoms with E-state index in [0.717, 1.165) is 11.8 Å². The molecule has 8 nitrogen and oxygen atoms in total. The normalized spacial score (nSPS) is 27.0. The number of alkyl halides is 2. The summed E-state index contributed by atoms with van der Waals surface area (Å²) in [5.74, 6) is -4.47. The van der Waals surface area contributed by atoms with Crippen LogP contribution in [0, 0.1) is 0 Å². The van der Waals surface area contributed by atoms with E-state index < -0.39 is 41.5 Å². The summed E-state index contributed by atoms with van der Waals surface area (Å²) in [6, 6.07) is 6.55. The van der Waals surface area contributed by atoms with Gasteiger partial charge in [-0.1, -0.05) is 23.4 Å². The number of nitrogens with zero attached hydrogens (tertiary/aromatic N) is 2. The van der Waals surface area contributed by atoms with Gasteiger partial charge in [-0.3, -0.25) is 4.79 Å². The van der Waals surface area contributed by atoms with Gasteiger partial charge in [0.05, 0.1) is 5.02 Å². The largest absolute Gasteiger partial charge is 0.429 e. The summed E-state index contributed by atoms with van der Waals surface area (Å²) in [5, 5.41) is 22.9. The minimum absolute atomic E-state index is 0.00466. The van der Waals surface area contributed by atoms with Crippen LogP contribution in [-0.4, -0.2) is 44.8 Å². The molecule has 1 aromatic carbocycles. The van der Waals surface area contributed by atoms with Crippen molar-refractivity contribution < 1.29 is 28.5 Å². The SMILES string of the molecule is NC1=N[C@@]2(CC(O)Sc3ccc(NC(=O)c4ccc(Cl)cn4)cc32)C(F)(F)C(O)O1. The first-order valence-corrected chi connectivity index (χ1v) is 9.88. The van der Waals surface area contributed by atoms with Crippen molar-refractivity contribution in [3.8, 4) is 0 Å². The number of nitrogens with two attached hydrogens (primary N) is 1. The number of hydrogen-bond donors (Lipinski definition) is 4. The highest BCUT2D eigenvalue weighted by Crippen LogP contribution is 2.56. The number of amides is 1. The smallest absolute Gasteiger partial charge is 0.337 e. The van der Waals surface area contributed by atoms with Gasteiger partial charge in [-0.05, 0) is 30.3 Å². The Balaban J connectivity index is 1.76. The van der Waals surface area contributed by atoms with Crippen LogP contribution < -0.4 is 11.1 Å². The standard InChI is InChI=1S/C18H15ClF2N4O4S/c19-8-1-3-11(23-7-8)14(27)24-9-2-4-12-10(5-9)17(6-13(26)30-12)18(20,21)15(28)29-16(22)25-17/h1-5,7,13,15,26,28H,6H2,(H2,22,25)(H,24,27)/t13?,15?,17-/m1/s1. The molecule has 0 bridgehead atoms. The number of amidine groups is 1. The van der Waals surface area contributed by atoms with Crippen molar-refractivity contribution in [2.24, 2.45) is 10.7 Å². The number of aliphatic imine (C=N–C) groups is 1. The number of fused-ring (bicyclic) bond motifs is 2. The number of ether oxygens (including phenoxy) is 1. The van der Waals surface area contributed by atoms with Crippen molar-refractivity contribution in [2.75, 3.05) is 5.32 Å². The minimum atomic E-state index is -3.90. The van der Waals surface area contributed by atoms with Crippen molar-refractivity contribution in [3.63, 3.8) is 0 Å². The van der Waals surface area contributed by atoms with Gasteiger partial charge in [0.25, 0.3) is 18.2 Å². The van der Waals surface area contributed by atoms with E-state index >= 15 is 8.78 Å². The van der Waals surface area contributed by atoms with E-state index in [1.165, 1.54) is 36.5 Å². The van der Waals surface area contributed by atoms with Crippen molar-refractivity contribution in [1.29, 1.82) is 0 Å². The first kappa shape index (κ1) is 20.8. The molecule has 4 rings (SSSR count).